The predicted molar refractivity (Wildman–Crippen MR) is 64.3 cm³/mol. The smallest absolute Gasteiger partial charge is 0.288 e. The van der Waals surface area contributed by atoms with Crippen LogP contribution in [-0.4, -0.2) is 34.9 Å². The number of nitrogens with two attached hydrogens (primary N) is 1. The molecule has 1 aromatic rings. The van der Waals surface area contributed by atoms with Crippen LogP contribution in [-0.2, 0) is 0 Å². The summed E-state index contributed by atoms with van der Waals surface area (Å²) in [6, 6.07) is 1.29. The quantitative estimate of drug-likeness (QED) is 0.505. The fourth-order valence-corrected chi connectivity index (χ4v) is 1.83. The number of anilines is 1. The first kappa shape index (κ1) is 12.2. The second-order valence-electron chi connectivity index (χ2n) is 4.05. The van der Waals surface area contributed by atoms with Crippen molar-refractivity contribution in [2.24, 2.45) is 5.73 Å². The van der Waals surface area contributed by atoms with Crippen molar-refractivity contribution in [2.45, 2.75) is 12.5 Å². The van der Waals surface area contributed by atoms with Gasteiger partial charge in [-0.25, -0.2) is 4.98 Å². The van der Waals surface area contributed by atoms with Gasteiger partial charge in [0.2, 0.25) is 0 Å². The average Bonchev–Trinajstić information content (AvgIpc) is 2.81. The molecule has 18 heavy (non-hydrogen) atoms. The summed E-state index contributed by atoms with van der Waals surface area (Å²) in [5.41, 5.74) is 4.99. The lowest BCUT2D eigenvalue weighted by atomic mass is 10.2. The van der Waals surface area contributed by atoms with Crippen LogP contribution in [0.4, 0.5) is 11.5 Å². The number of carbonyl (C=O) groups is 1. The van der Waals surface area contributed by atoms with Gasteiger partial charge in [-0.05, 0) is 13.0 Å². The van der Waals surface area contributed by atoms with Gasteiger partial charge in [0.1, 0.15) is 12.0 Å². The largest absolute Gasteiger partial charge is 0.365 e. The van der Waals surface area contributed by atoms with Crippen LogP contribution < -0.4 is 16.4 Å². The molecule has 96 valence electrons. The highest BCUT2D eigenvalue weighted by molar-refractivity contribution is 5.98. The van der Waals surface area contributed by atoms with E-state index in [1.165, 1.54) is 0 Å². The molecule has 0 aliphatic carbocycles. The zero-order valence-electron chi connectivity index (χ0n) is 9.55. The Kier molecular flexibility index (Phi) is 3.38. The van der Waals surface area contributed by atoms with Gasteiger partial charge in [-0.1, -0.05) is 0 Å². The molecular formula is C10H13N5O3. The van der Waals surface area contributed by atoms with Crippen LogP contribution in [0.15, 0.2) is 12.3 Å². The number of carbonyl (C=O) groups excluding carboxylic acids is 1. The summed E-state index contributed by atoms with van der Waals surface area (Å²) in [4.78, 5) is 25.2. The van der Waals surface area contributed by atoms with Gasteiger partial charge in [0.25, 0.3) is 11.6 Å². The van der Waals surface area contributed by atoms with Crippen LogP contribution in [0.1, 0.15) is 16.8 Å². The number of rotatable bonds is 4. The van der Waals surface area contributed by atoms with Crippen LogP contribution in [0.5, 0.6) is 0 Å². The average molecular weight is 251 g/mol. The van der Waals surface area contributed by atoms with E-state index in [-0.39, 0.29) is 17.3 Å². The fraction of sp³-hybridized carbons (Fsp3) is 0.400. The number of primary amides is 1. The molecule has 1 saturated heterocycles. The van der Waals surface area contributed by atoms with Crippen molar-refractivity contribution < 1.29 is 9.72 Å². The first-order chi connectivity index (χ1) is 8.58. The topological polar surface area (TPSA) is 123 Å². The van der Waals surface area contributed by atoms with Crippen molar-refractivity contribution in [3.63, 3.8) is 0 Å². The summed E-state index contributed by atoms with van der Waals surface area (Å²) in [6.07, 6.45) is 2.01. The van der Waals surface area contributed by atoms with Crippen LogP contribution in [0.3, 0.4) is 0 Å². The van der Waals surface area contributed by atoms with Crippen molar-refractivity contribution in [3.05, 3.63) is 27.9 Å². The minimum Gasteiger partial charge on any atom is -0.365 e. The maximum Gasteiger partial charge on any atom is 0.288 e. The van der Waals surface area contributed by atoms with Gasteiger partial charge in [-0.15, -0.1) is 0 Å². The van der Waals surface area contributed by atoms with Gasteiger partial charge in [0, 0.05) is 18.7 Å². The standard InChI is InChI=1S/C10H13N5O3/c11-9(16)8-3-7(15(17)18)5-13-10(8)14-6-1-2-12-4-6/h3,5-6,12H,1-2,4H2,(H2,11,16)(H,13,14). The Morgan fingerprint density at radius 3 is 3.00 bits per heavy atom. The third kappa shape index (κ3) is 2.54. The summed E-state index contributed by atoms with van der Waals surface area (Å²) < 4.78 is 0. The molecule has 1 unspecified atom stereocenters. The molecule has 1 aromatic heterocycles. The van der Waals surface area contributed by atoms with E-state index in [1.54, 1.807) is 0 Å². The second kappa shape index (κ2) is 4.96. The molecule has 0 aromatic carbocycles. The van der Waals surface area contributed by atoms with Gasteiger partial charge in [0.15, 0.2) is 0 Å². The molecule has 0 bridgehead atoms. The van der Waals surface area contributed by atoms with Crippen molar-refractivity contribution in [1.29, 1.82) is 0 Å². The monoisotopic (exact) mass is 251 g/mol. The minimum atomic E-state index is -0.736. The second-order valence-corrected chi connectivity index (χ2v) is 4.05. The Morgan fingerprint density at radius 1 is 1.67 bits per heavy atom. The summed E-state index contributed by atoms with van der Waals surface area (Å²) in [6.45, 7) is 1.65. The molecule has 1 atom stereocenters. The van der Waals surface area contributed by atoms with Crippen LogP contribution >= 0.6 is 0 Å². The van der Waals surface area contributed by atoms with Gasteiger partial charge in [-0.2, -0.15) is 0 Å². The first-order valence-corrected chi connectivity index (χ1v) is 5.49. The Bertz CT molecular complexity index is 484. The Labute approximate surface area is 103 Å². The number of nitro groups is 1. The Balaban J connectivity index is 2.28. The third-order valence-electron chi connectivity index (χ3n) is 2.75. The molecule has 8 nitrogen and oxygen atoms in total. The number of nitrogens with one attached hydrogen (secondary N) is 2. The van der Waals surface area contributed by atoms with Gasteiger partial charge in [-0.3, -0.25) is 14.9 Å². The molecule has 2 rings (SSSR count). The summed E-state index contributed by atoms with van der Waals surface area (Å²) >= 11 is 0. The molecule has 8 heteroatoms. The molecule has 1 aliphatic rings. The van der Waals surface area contributed by atoms with Crippen molar-refractivity contribution in [1.82, 2.24) is 10.3 Å². The number of amides is 1. The number of pyridine rings is 1. The number of nitrogens with zero attached hydrogens (tertiary/aromatic N) is 2. The number of hydrogen-bond acceptors (Lipinski definition) is 6. The molecule has 2 heterocycles. The van der Waals surface area contributed by atoms with Gasteiger partial charge in [0.05, 0.1) is 10.5 Å². The van der Waals surface area contributed by atoms with Crippen LogP contribution in [0, 0.1) is 10.1 Å². The zero-order valence-corrected chi connectivity index (χ0v) is 9.55. The van der Waals surface area contributed by atoms with Crippen LogP contribution in [0.25, 0.3) is 0 Å². The van der Waals surface area contributed by atoms with E-state index in [1.807, 2.05) is 0 Å². The van der Waals surface area contributed by atoms with E-state index in [4.69, 9.17) is 5.73 Å². The lowest BCUT2D eigenvalue weighted by Gasteiger charge is -2.13. The third-order valence-corrected chi connectivity index (χ3v) is 2.75. The van der Waals surface area contributed by atoms with E-state index in [2.05, 4.69) is 15.6 Å². The normalized spacial score (nSPS) is 18.6. The van der Waals surface area contributed by atoms with E-state index < -0.39 is 10.8 Å². The first-order valence-electron chi connectivity index (χ1n) is 5.49. The Hall–Kier alpha value is -2.22. The molecule has 4 N–H and O–H groups in total. The molecule has 0 spiro atoms. The molecule has 1 aliphatic heterocycles. The van der Waals surface area contributed by atoms with Crippen molar-refractivity contribution in [2.75, 3.05) is 18.4 Å². The van der Waals surface area contributed by atoms with E-state index in [0.29, 0.717) is 5.82 Å². The van der Waals surface area contributed by atoms with Gasteiger partial charge >= 0.3 is 0 Å². The maximum absolute atomic E-state index is 11.3. The van der Waals surface area contributed by atoms with Crippen LogP contribution in [0.2, 0.25) is 0 Å². The molecule has 0 radical (unpaired) electrons. The van der Waals surface area contributed by atoms with E-state index in [0.717, 1.165) is 31.8 Å². The number of aromatic nitrogens is 1. The maximum atomic E-state index is 11.3. The van der Waals surface area contributed by atoms with E-state index >= 15 is 0 Å². The highest BCUT2D eigenvalue weighted by Gasteiger charge is 2.20. The molecule has 1 amide bonds. The Morgan fingerprint density at radius 2 is 2.44 bits per heavy atom. The zero-order chi connectivity index (χ0) is 13.1. The molecule has 1 fully saturated rings. The fourth-order valence-electron chi connectivity index (χ4n) is 1.83. The highest BCUT2D eigenvalue weighted by atomic mass is 16.6. The summed E-state index contributed by atoms with van der Waals surface area (Å²) in [5, 5.41) is 16.8. The summed E-state index contributed by atoms with van der Waals surface area (Å²) in [5.74, 6) is -0.443. The number of hydrogen-bond donors (Lipinski definition) is 3. The lowest BCUT2D eigenvalue weighted by Crippen LogP contribution is -2.25. The summed E-state index contributed by atoms with van der Waals surface area (Å²) in [7, 11) is 0. The molecular weight excluding hydrogens is 238 g/mol. The minimum absolute atomic E-state index is 0.0381. The molecule has 0 saturated carbocycles. The van der Waals surface area contributed by atoms with E-state index in [9.17, 15) is 14.9 Å². The SMILES string of the molecule is NC(=O)c1cc([N+](=O)[O-])cnc1NC1CCNC1. The lowest BCUT2D eigenvalue weighted by molar-refractivity contribution is -0.385. The van der Waals surface area contributed by atoms with Crippen molar-refractivity contribution >= 4 is 17.4 Å². The highest BCUT2D eigenvalue weighted by Crippen LogP contribution is 2.20. The van der Waals surface area contributed by atoms with Gasteiger partial charge < -0.3 is 16.4 Å². The van der Waals surface area contributed by atoms with Crippen molar-refractivity contribution in [3.8, 4) is 0 Å². The predicted octanol–water partition coefficient (Wildman–Crippen LogP) is -0.137.